The molecule has 0 fully saturated rings. The zero-order valence-corrected chi connectivity index (χ0v) is 14.4. The normalized spacial score (nSPS) is 10.9. The highest BCUT2D eigenvalue weighted by atomic mass is 32.1. The number of benzene rings is 1. The van der Waals surface area contributed by atoms with Gasteiger partial charge in [-0.25, -0.2) is 9.78 Å². The molecule has 0 radical (unpaired) electrons. The number of aryl methyl sites for hydroxylation is 1. The number of rotatable bonds is 3. The van der Waals surface area contributed by atoms with Crippen LogP contribution in [0.5, 0.6) is 0 Å². The zero-order valence-electron chi connectivity index (χ0n) is 13.6. The van der Waals surface area contributed by atoms with E-state index in [-0.39, 0.29) is 0 Å². The molecule has 138 valence electrons. The number of hydrogen-bond acceptors (Lipinski definition) is 5. The Hall–Kier alpha value is -2.88. The van der Waals surface area contributed by atoms with Crippen LogP contribution in [0.15, 0.2) is 42.6 Å². The summed E-state index contributed by atoms with van der Waals surface area (Å²) in [6.07, 6.45) is -3.10. The van der Waals surface area contributed by atoms with Gasteiger partial charge in [0.05, 0.1) is 17.1 Å². The van der Waals surface area contributed by atoms with Crippen LogP contribution in [0.25, 0.3) is 10.6 Å². The standard InChI is InChI=1S/C14H14N4S.C2HF3O2/c1-10-13(19-14(15)16-10)12-7-8-18(17-12)9-11-5-3-2-4-6-11;3-2(4,5)1(6)7/h2-8H,9H2,1H3,(H2,15,16);(H,6,7). The van der Waals surface area contributed by atoms with E-state index in [2.05, 4.69) is 22.2 Å². The van der Waals surface area contributed by atoms with Crippen molar-refractivity contribution in [1.29, 1.82) is 0 Å². The fourth-order valence-electron chi connectivity index (χ4n) is 2.00. The number of thiazole rings is 1. The lowest BCUT2D eigenvalue weighted by Gasteiger charge is -2.01. The molecule has 3 rings (SSSR count). The third-order valence-electron chi connectivity index (χ3n) is 3.12. The SMILES string of the molecule is Cc1nc(N)sc1-c1ccn(Cc2ccccc2)n1.O=C(O)C(F)(F)F. The Morgan fingerprint density at radius 3 is 2.38 bits per heavy atom. The topological polar surface area (TPSA) is 94.0 Å². The highest BCUT2D eigenvalue weighted by Crippen LogP contribution is 2.29. The van der Waals surface area contributed by atoms with Gasteiger partial charge in [-0.15, -0.1) is 0 Å². The highest BCUT2D eigenvalue weighted by Gasteiger charge is 2.38. The molecule has 2 heterocycles. The summed E-state index contributed by atoms with van der Waals surface area (Å²) in [6.45, 7) is 2.73. The van der Waals surface area contributed by atoms with Gasteiger partial charge in [0.15, 0.2) is 5.13 Å². The Morgan fingerprint density at radius 2 is 1.88 bits per heavy atom. The van der Waals surface area contributed by atoms with Crippen LogP contribution in [0.1, 0.15) is 11.3 Å². The number of alkyl halides is 3. The van der Waals surface area contributed by atoms with Gasteiger partial charge < -0.3 is 10.8 Å². The number of nitrogen functional groups attached to an aromatic ring is 1. The minimum Gasteiger partial charge on any atom is -0.475 e. The maximum Gasteiger partial charge on any atom is 0.490 e. The van der Waals surface area contributed by atoms with Gasteiger partial charge in [0.2, 0.25) is 0 Å². The van der Waals surface area contributed by atoms with Crippen LogP contribution in [-0.4, -0.2) is 32.0 Å². The number of aliphatic carboxylic acids is 1. The van der Waals surface area contributed by atoms with Crippen LogP contribution in [0.4, 0.5) is 18.3 Å². The fraction of sp³-hybridized carbons (Fsp3) is 0.188. The van der Waals surface area contributed by atoms with Crippen LogP contribution in [0.2, 0.25) is 0 Å². The van der Waals surface area contributed by atoms with Gasteiger partial charge in [0, 0.05) is 6.20 Å². The van der Waals surface area contributed by atoms with Gasteiger partial charge in [-0.1, -0.05) is 41.7 Å². The molecule has 0 spiro atoms. The molecule has 0 atom stereocenters. The average molecular weight is 384 g/mol. The molecule has 3 aromatic rings. The second-order valence-electron chi connectivity index (χ2n) is 5.15. The first-order chi connectivity index (χ1) is 12.2. The first-order valence-electron chi connectivity index (χ1n) is 7.27. The molecular formula is C16H15F3N4O2S. The van der Waals surface area contributed by atoms with Crippen molar-refractivity contribution in [1.82, 2.24) is 14.8 Å². The minimum atomic E-state index is -5.08. The lowest BCUT2D eigenvalue weighted by atomic mass is 10.2. The van der Waals surface area contributed by atoms with Crippen molar-refractivity contribution in [3.63, 3.8) is 0 Å². The van der Waals surface area contributed by atoms with Crippen LogP contribution in [0.3, 0.4) is 0 Å². The summed E-state index contributed by atoms with van der Waals surface area (Å²) in [4.78, 5) is 14.2. The second-order valence-corrected chi connectivity index (χ2v) is 6.18. The average Bonchev–Trinajstić information content (AvgIpc) is 3.14. The predicted octanol–water partition coefficient (Wildman–Crippen LogP) is 3.58. The Kier molecular flexibility index (Phi) is 5.98. The number of carbonyl (C=O) groups is 1. The maximum atomic E-state index is 10.6. The van der Waals surface area contributed by atoms with E-state index < -0.39 is 12.1 Å². The van der Waals surface area contributed by atoms with Crippen molar-refractivity contribution in [3.05, 3.63) is 53.9 Å². The van der Waals surface area contributed by atoms with Crippen molar-refractivity contribution < 1.29 is 23.1 Å². The Balaban J connectivity index is 0.000000298. The van der Waals surface area contributed by atoms with E-state index in [9.17, 15) is 13.2 Å². The largest absolute Gasteiger partial charge is 0.490 e. The van der Waals surface area contributed by atoms with E-state index >= 15 is 0 Å². The Bertz CT molecular complexity index is 875. The second kappa shape index (κ2) is 8.00. The first-order valence-corrected chi connectivity index (χ1v) is 8.09. The van der Waals surface area contributed by atoms with Gasteiger partial charge in [0.25, 0.3) is 0 Å². The predicted molar refractivity (Wildman–Crippen MR) is 91.7 cm³/mol. The Morgan fingerprint density at radius 1 is 1.27 bits per heavy atom. The number of aromatic nitrogens is 3. The van der Waals surface area contributed by atoms with E-state index in [4.69, 9.17) is 15.6 Å². The monoisotopic (exact) mass is 384 g/mol. The van der Waals surface area contributed by atoms with Crippen LogP contribution < -0.4 is 5.73 Å². The summed E-state index contributed by atoms with van der Waals surface area (Å²) in [5.41, 5.74) is 8.82. The van der Waals surface area contributed by atoms with Gasteiger partial charge >= 0.3 is 12.1 Å². The molecule has 0 bridgehead atoms. The third kappa shape index (κ3) is 5.31. The summed E-state index contributed by atoms with van der Waals surface area (Å²) >= 11 is 1.48. The van der Waals surface area contributed by atoms with Crippen LogP contribution >= 0.6 is 11.3 Å². The number of nitrogens with two attached hydrogens (primary N) is 1. The molecule has 0 saturated carbocycles. The minimum absolute atomic E-state index is 0.588. The summed E-state index contributed by atoms with van der Waals surface area (Å²) in [5.74, 6) is -2.76. The number of halogens is 3. The molecule has 0 aliphatic carbocycles. The molecule has 6 nitrogen and oxygen atoms in total. The summed E-state index contributed by atoms with van der Waals surface area (Å²) < 4.78 is 33.7. The summed E-state index contributed by atoms with van der Waals surface area (Å²) in [7, 11) is 0. The van der Waals surface area contributed by atoms with E-state index in [1.165, 1.54) is 16.9 Å². The van der Waals surface area contributed by atoms with E-state index in [0.717, 1.165) is 22.8 Å². The lowest BCUT2D eigenvalue weighted by molar-refractivity contribution is -0.192. The quantitative estimate of drug-likeness (QED) is 0.720. The van der Waals surface area contributed by atoms with Crippen molar-refractivity contribution in [2.75, 3.05) is 5.73 Å². The molecule has 3 N–H and O–H groups in total. The Labute approximate surface area is 150 Å². The molecule has 26 heavy (non-hydrogen) atoms. The van der Waals surface area contributed by atoms with E-state index in [0.29, 0.717) is 5.13 Å². The van der Waals surface area contributed by atoms with Gasteiger partial charge in [0.1, 0.15) is 5.69 Å². The lowest BCUT2D eigenvalue weighted by Crippen LogP contribution is -2.21. The van der Waals surface area contributed by atoms with Crippen molar-refractivity contribution >= 4 is 22.4 Å². The molecule has 0 unspecified atom stereocenters. The third-order valence-corrected chi connectivity index (χ3v) is 4.13. The molecule has 0 aliphatic heterocycles. The van der Waals surface area contributed by atoms with Gasteiger partial charge in [-0.3, -0.25) is 4.68 Å². The molecule has 1 aromatic carbocycles. The van der Waals surface area contributed by atoms with E-state index in [1.807, 2.05) is 42.1 Å². The van der Waals surface area contributed by atoms with Crippen LogP contribution in [0, 0.1) is 6.92 Å². The summed E-state index contributed by atoms with van der Waals surface area (Å²) in [5, 5.41) is 12.3. The smallest absolute Gasteiger partial charge is 0.475 e. The van der Waals surface area contributed by atoms with Crippen molar-refractivity contribution in [2.24, 2.45) is 0 Å². The van der Waals surface area contributed by atoms with E-state index in [1.54, 1.807) is 0 Å². The first kappa shape index (κ1) is 19.4. The maximum absolute atomic E-state index is 10.6. The molecule has 0 aliphatic rings. The molecule has 10 heteroatoms. The van der Waals surface area contributed by atoms with Crippen molar-refractivity contribution in [2.45, 2.75) is 19.6 Å². The zero-order chi connectivity index (χ0) is 19.3. The highest BCUT2D eigenvalue weighted by molar-refractivity contribution is 7.18. The fourth-order valence-corrected chi connectivity index (χ4v) is 2.79. The molecule has 0 amide bonds. The molecular weight excluding hydrogens is 369 g/mol. The van der Waals surface area contributed by atoms with Gasteiger partial charge in [-0.2, -0.15) is 18.3 Å². The summed E-state index contributed by atoms with van der Waals surface area (Å²) in [6, 6.07) is 12.3. The van der Waals surface area contributed by atoms with Gasteiger partial charge in [-0.05, 0) is 18.6 Å². The van der Waals surface area contributed by atoms with Crippen molar-refractivity contribution in [3.8, 4) is 10.6 Å². The molecule has 0 saturated heterocycles. The number of carboxylic acids is 1. The number of hydrogen-bond donors (Lipinski definition) is 2. The number of nitrogens with zero attached hydrogens (tertiary/aromatic N) is 3. The number of anilines is 1. The van der Waals surface area contributed by atoms with Crippen LogP contribution in [-0.2, 0) is 11.3 Å². The number of carboxylic acid groups (broad SMARTS) is 1. The molecule has 2 aromatic heterocycles.